The Morgan fingerprint density at radius 1 is 1.26 bits per heavy atom. The van der Waals surface area contributed by atoms with Crippen LogP contribution in [-0.2, 0) is 13.1 Å². The van der Waals surface area contributed by atoms with Crippen LogP contribution in [0.15, 0.2) is 36.9 Å². The largest absolute Gasteiger partial charge is 0.390 e. The summed E-state index contributed by atoms with van der Waals surface area (Å²) in [5.74, 6) is 0. The standard InChI is InChI=1S/C17H23N5O/c1-13-8-16-17(9-14(13)2)21(12-19-16)11-15(23)10-18-5-7-22-6-3-4-20-22/h3-4,6,8-9,12,15,18,23H,5,7,10-11H2,1-2H3. The number of nitrogens with zero attached hydrogens (tertiary/aromatic N) is 4. The predicted molar refractivity (Wildman–Crippen MR) is 90.3 cm³/mol. The number of nitrogens with one attached hydrogen (secondary N) is 1. The Labute approximate surface area is 135 Å². The minimum absolute atomic E-state index is 0.452. The lowest BCUT2D eigenvalue weighted by molar-refractivity contribution is 0.152. The summed E-state index contributed by atoms with van der Waals surface area (Å²) in [6, 6.07) is 6.13. The number of hydrogen-bond donors (Lipinski definition) is 2. The van der Waals surface area contributed by atoms with E-state index in [1.807, 2.05) is 21.5 Å². The Kier molecular flexibility index (Phi) is 4.73. The summed E-state index contributed by atoms with van der Waals surface area (Å²) >= 11 is 0. The molecule has 6 nitrogen and oxygen atoms in total. The molecule has 1 unspecified atom stereocenters. The molecule has 23 heavy (non-hydrogen) atoms. The number of fused-ring (bicyclic) bond motifs is 1. The molecule has 0 aliphatic carbocycles. The molecule has 3 aromatic rings. The summed E-state index contributed by atoms with van der Waals surface area (Å²) in [5.41, 5.74) is 4.53. The van der Waals surface area contributed by atoms with Gasteiger partial charge in [0.1, 0.15) is 0 Å². The first-order valence-electron chi connectivity index (χ1n) is 7.92. The van der Waals surface area contributed by atoms with Crippen LogP contribution in [0, 0.1) is 13.8 Å². The molecular formula is C17H23N5O. The van der Waals surface area contributed by atoms with Crippen molar-refractivity contribution >= 4 is 11.0 Å². The number of benzene rings is 1. The van der Waals surface area contributed by atoms with Gasteiger partial charge in [0.05, 0.1) is 36.6 Å². The highest BCUT2D eigenvalue weighted by Gasteiger charge is 2.09. The lowest BCUT2D eigenvalue weighted by atomic mass is 10.1. The molecule has 0 radical (unpaired) electrons. The Morgan fingerprint density at radius 3 is 2.87 bits per heavy atom. The molecule has 3 rings (SSSR count). The summed E-state index contributed by atoms with van der Waals surface area (Å²) in [6.45, 7) is 6.85. The molecule has 2 heterocycles. The monoisotopic (exact) mass is 313 g/mol. The fraction of sp³-hybridized carbons (Fsp3) is 0.412. The summed E-state index contributed by atoms with van der Waals surface area (Å²) in [7, 11) is 0. The van der Waals surface area contributed by atoms with E-state index >= 15 is 0 Å². The Bertz CT molecular complexity index is 763. The minimum Gasteiger partial charge on any atom is -0.390 e. The van der Waals surface area contributed by atoms with E-state index in [0.717, 1.165) is 24.1 Å². The second kappa shape index (κ2) is 6.93. The van der Waals surface area contributed by atoms with Crippen LogP contribution in [-0.4, -0.2) is 43.6 Å². The van der Waals surface area contributed by atoms with Gasteiger partial charge in [-0.05, 0) is 43.2 Å². The van der Waals surface area contributed by atoms with Crippen molar-refractivity contribution in [2.75, 3.05) is 13.1 Å². The topological polar surface area (TPSA) is 67.9 Å². The highest BCUT2D eigenvalue weighted by atomic mass is 16.3. The average molecular weight is 313 g/mol. The van der Waals surface area contributed by atoms with E-state index < -0.39 is 6.10 Å². The maximum absolute atomic E-state index is 10.2. The fourth-order valence-corrected chi connectivity index (χ4v) is 2.65. The van der Waals surface area contributed by atoms with Crippen molar-refractivity contribution in [2.24, 2.45) is 0 Å². The van der Waals surface area contributed by atoms with Crippen LogP contribution in [0.4, 0.5) is 0 Å². The van der Waals surface area contributed by atoms with Gasteiger partial charge >= 0.3 is 0 Å². The summed E-state index contributed by atoms with van der Waals surface area (Å²) in [5, 5.41) is 17.6. The zero-order valence-corrected chi connectivity index (χ0v) is 13.6. The molecule has 0 bridgehead atoms. The summed E-state index contributed by atoms with van der Waals surface area (Å²) in [4.78, 5) is 4.42. The first kappa shape index (κ1) is 15.7. The van der Waals surface area contributed by atoms with Gasteiger partial charge in [0.15, 0.2) is 0 Å². The number of aliphatic hydroxyl groups excluding tert-OH is 1. The van der Waals surface area contributed by atoms with Crippen molar-refractivity contribution in [3.05, 3.63) is 48.0 Å². The second-order valence-corrected chi connectivity index (χ2v) is 5.95. The fourth-order valence-electron chi connectivity index (χ4n) is 2.65. The van der Waals surface area contributed by atoms with Crippen molar-refractivity contribution in [2.45, 2.75) is 33.0 Å². The van der Waals surface area contributed by atoms with Crippen LogP contribution in [0.1, 0.15) is 11.1 Å². The van der Waals surface area contributed by atoms with Gasteiger partial charge in [-0.25, -0.2) is 4.98 Å². The molecule has 1 atom stereocenters. The van der Waals surface area contributed by atoms with Crippen molar-refractivity contribution < 1.29 is 5.11 Å². The van der Waals surface area contributed by atoms with Gasteiger partial charge in [-0.1, -0.05) is 0 Å². The molecule has 0 aliphatic heterocycles. The third-order valence-corrected chi connectivity index (χ3v) is 4.10. The molecule has 0 saturated heterocycles. The van der Waals surface area contributed by atoms with Crippen LogP contribution < -0.4 is 5.32 Å². The molecule has 2 N–H and O–H groups in total. The molecule has 0 aliphatic rings. The maximum Gasteiger partial charge on any atom is 0.0959 e. The van der Waals surface area contributed by atoms with Crippen molar-refractivity contribution in [3.63, 3.8) is 0 Å². The number of hydrogen-bond acceptors (Lipinski definition) is 4. The van der Waals surface area contributed by atoms with Crippen molar-refractivity contribution in [3.8, 4) is 0 Å². The lowest BCUT2D eigenvalue weighted by Gasteiger charge is -2.13. The number of rotatable bonds is 7. The van der Waals surface area contributed by atoms with E-state index in [1.165, 1.54) is 11.1 Å². The van der Waals surface area contributed by atoms with Crippen molar-refractivity contribution in [1.82, 2.24) is 24.6 Å². The van der Waals surface area contributed by atoms with Gasteiger partial charge in [-0.15, -0.1) is 0 Å². The smallest absolute Gasteiger partial charge is 0.0959 e. The van der Waals surface area contributed by atoms with E-state index in [4.69, 9.17) is 0 Å². The number of imidazole rings is 1. The van der Waals surface area contributed by atoms with Crippen LogP contribution in [0.3, 0.4) is 0 Å². The molecule has 0 saturated carbocycles. The Morgan fingerprint density at radius 2 is 2.09 bits per heavy atom. The highest BCUT2D eigenvalue weighted by Crippen LogP contribution is 2.18. The van der Waals surface area contributed by atoms with E-state index in [1.54, 1.807) is 12.5 Å². The molecule has 122 valence electrons. The van der Waals surface area contributed by atoms with Crippen LogP contribution in [0.5, 0.6) is 0 Å². The quantitative estimate of drug-likeness (QED) is 0.649. The second-order valence-electron chi connectivity index (χ2n) is 5.95. The number of aliphatic hydroxyl groups is 1. The zero-order chi connectivity index (χ0) is 16.2. The molecular weight excluding hydrogens is 290 g/mol. The Hall–Kier alpha value is -2.18. The Balaban J connectivity index is 1.53. The first-order valence-corrected chi connectivity index (χ1v) is 7.92. The van der Waals surface area contributed by atoms with E-state index in [0.29, 0.717) is 13.1 Å². The molecule has 2 aromatic heterocycles. The van der Waals surface area contributed by atoms with Gasteiger partial charge in [0, 0.05) is 25.5 Å². The SMILES string of the molecule is Cc1cc2ncn(CC(O)CNCCn3cccn3)c2cc1C. The molecule has 1 aromatic carbocycles. The molecule has 0 fully saturated rings. The lowest BCUT2D eigenvalue weighted by Crippen LogP contribution is -2.32. The molecule has 6 heteroatoms. The number of aryl methyl sites for hydroxylation is 2. The first-order chi connectivity index (χ1) is 11.1. The van der Waals surface area contributed by atoms with E-state index in [9.17, 15) is 5.11 Å². The third kappa shape index (κ3) is 3.78. The maximum atomic E-state index is 10.2. The molecule has 0 spiro atoms. The van der Waals surface area contributed by atoms with Crippen LogP contribution in [0.2, 0.25) is 0 Å². The normalized spacial score (nSPS) is 12.8. The highest BCUT2D eigenvalue weighted by molar-refractivity contribution is 5.77. The van der Waals surface area contributed by atoms with Gasteiger partial charge < -0.3 is 15.0 Å². The predicted octanol–water partition coefficient (Wildman–Crippen LogP) is 1.50. The van der Waals surface area contributed by atoms with Gasteiger partial charge in [0.25, 0.3) is 0 Å². The summed E-state index contributed by atoms with van der Waals surface area (Å²) < 4.78 is 3.88. The van der Waals surface area contributed by atoms with Gasteiger partial charge in [0.2, 0.25) is 0 Å². The zero-order valence-electron chi connectivity index (χ0n) is 13.6. The van der Waals surface area contributed by atoms with Crippen LogP contribution in [0.25, 0.3) is 11.0 Å². The van der Waals surface area contributed by atoms with E-state index in [-0.39, 0.29) is 0 Å². The van der Waals surface area contributed by atoms with Gasteiger partial charge in [-0.2, -0.15) is 5.10 Å². The van der Waals surface area contributed by atoms with Crippen molar-refractivity contribution in [1.29, 1.82) is 0 Å². The third-order valence-electron chi connectivity index (χ3n) is 4.10. The molecule has 0 amide bonds. The van der Waals surface area contributed by atoms with Gasteiger partial charge in [-0.3, -0.25) is 4.68 Å². The average Bonchev–Trinajstić information content (AvgIpc) is 3.16. The van der Waals surface area contributed by atoms with E-state index in [2.05, 4.69) is 41.4 Å². The number of aromatic nitrogens is 4. The summed E-state index contributed by atoms with van der Waals surface area (Å²) in [6.07, 6.45) is 5.05. The van der Waals surface area contributed by atoms with Crippen LogP contribution >= 0.6 is 0 Å². The minimum atomic E-state index is -0.452.